The molecular weight excluding hydrogens is 399 g/mol. The number of alkyl halides is 3. The molecule has 0 radical (unpaired) electrons. The third kappa shape index (κ3) is 4.08. The van der Waals surface area contributed by atoms with Crippen LogP contribution in [0, 0.1) is 11.3 Å². The molecule has 1 aliphatic rings. The molecule has 0 atom stereocenters. The second-order valence-electron chi connectivity index (χ2n) is 6.15. The Balaban J connectivity index is 2.10. The number of piperidine rings is 1. The van der Waals surface area contributed by atoms with Crippen molar-refractivity contribution in [3.63, 3.8) is 0 Å². The van der Waals surface area contributed by atoms with Gasteiger partial charge in [0.15, 0.2) is 17.3 Å². The fourth-order valence-electron chi connectivity index (χ4n) is 2.81. The number of nitrogens with one attached hydrogen (secondary N) is 1. The third-order valence-corrected chi connectivity index (χ3v) is 5.05. The first-order chi connectivity index (χ1) is 13.1. The van der Waals surface area contributed by atoms with Crippen molar-refractivity contribution in [1.29, 1.82) is 5.26 Å². The van der Waals surface area contributed by atoms with E-state index in [0.717, 1.165) is 42.3 Å². The maximum absolute atomic E-state index is 13.4. The van der Waals surface area contributed by atoms with Crippen molar-refractivity contribution in [2.45, 2.75) is 30.3 Å². The molecule has 28 heavy (non-hydrogen) atoms. The van der Waals surface area contributed by atoms with Gasteiger partial charge in [-0.1, -0.05) is 6.42 Å². The van der Waals surface area contributed by atoms with Crippen LogP contribution in [0.4, 0.5) is 19.0 Å². The van der Waals surface area contributed by atoms with Crippen LogP contribution in [0.15, 0.2) is 23.2 Å². The lowest BCUT2D eigenvalue weighted by atomic mass is 10.2. The number of anilines is 1. The summed E-state index contributed by atoms with van der Waals surface area (Å²) in [5.41, 5.74) is 0.807. The van der Waals surface area contributed by atoms with Crippen LogP contribution in [0.5, 0.6) is 0 Å². The average molecular weight is 415 g/mol. The summed E-state index contributed by atoms with van der Waals surface area (Å²) in [4.78, 5) is 3.55. The molecule has 3 rings (SSSR count). The molecule has 0 aliphatic carbocycles. The molecular formula is C15H16F3N7O2S. The number of hydrazine groups is 1. The molecule has 2 aromatic rings. The Kier molecular flexibility index (Phi) is 5.28. The Morgan fingerprint density at radius 3 is 2.39 bits per heavy atom. The molecule has 0 spiro atoms. The van der Waals surface area contributed by atoms with Crippen LogP contribution in [0.25, 0.3) is 5.82 Å². The van der Waals surface area contributed by atoms with Gasteiger partial charge in [0.2, 0.25) is 10.0 Å². The number of nitrogens with zero attached hydrogens (tertiary/aromatic N) is 5. The highest BCUT2D eigenvalue weighted by atomic mass is 32.2. The van der Waals surface area contributed by atoms with Crippen molar-refractivity contribution < 1.29 is 21.6 Å². The van der Waals surface area contributed by atoms with Crippen LogP contribution in [-0.4, -0.2) is 41.3 Å². The van der Waals surface area contributed by atoms with E-state index in [-0.39, 0.29) is 16.5 Å². The Morgan fingerprint density at radius 2 is 1.89 bits per heavy atom. The maximum atomic E-state index is 13.4. The number of halogens is 3. The molecule has 0 unspecified atom stereocenters. The quantitative estimate of drug-likeness (QED) is 0.776. The number of hydrogen-bond donors (Lipinski definition) is 2. The lowest BCUT2D eigenvalue weighted by Gasteiger charge is -2.28. The van der Waals surface area contributed by atoms with Crippen molar-refractivity contribution in [2.75, 3.05) is 18.5 Å². The summed E-state index contributed by atoms with van der Waals surface area (Å²) in [6.07, 6.45) is -1.22. The monoisotopic (exact) mass is 415 g/mol. The van der Waals surface area contributed by atoms with E-state index in [1.54, 1.807) is 11.1 Å². The molecule has 150 valence electrons. The zero-order chi connectivity index (χ0) is 20.5. The molecule has 0 bridgehead atoms. The van der Waals surface area contributed by atoms with Gasteiger partial charge < -0.3 is 5.43 Å². The van der Waals surface area contributed by atoms with Crippen molar-refractivity contribution in [3.05, 3.63) is 29.6 Å². The largest absolute Gasteiger partial charge is 0.436 e. The van der Waals surface area contributed by atoms with E-state index in [1.165, 1.54) is 0 Å². The van der Waals surface area contributed by atoms with E-state index in [9.17, 15) is 26.9 Å². The minimum Gasteiger partial charge on any atom is -0.302 e. The predicted octanol–water partition coefficient (Wildman–Crippen LogP) is 1.62. The van der Waals surface area contributed by atoms with Crippen molar-refractivity contribution in [1.82, 2.24) is 19.8 Å². The fourth-order valence-corrected chi connectivity index (χ4v) is 3.27. The number of hydrogen-bond acceptors (Lipinski definition) is 7. The lowest BCUT2D eigenvalue weighted by Crippen LogP contribution is -2.36. The summed E-state index contributed by atoms with van der Waals surface area (Å²) < 4.78 is 63.6. The number of aromatic nitrogens is 3. The van der Waals surface area contributed by atoms with Gasteiger partial charge in [0.25, 0.3) is 0 Å². The van der Waals surface area contributed by atoms with Crippen LogP contribution in [0.2, 0.25) is 0 Å². The second kappa shape index (κ2) is 7.38. The zero-order valence-corrected chi connectivity index (χ0v) is 15.3. The fraction of sp³-hybridized carbons (Fsp3) is 0.400. The summed E-state index contributed by atoms with van der Waals surface area (Å²) in [5.74, 6) is -0.286. The SMILES string of the molecule is N#Cc1c(C(F)(F)F)nn(-c2ccc(S(N)(=O)=O)cn2)c1NN1CCCCC1. The minimum absolute atomic E-state index is 0.0982. The number of sulfonamides is 1. The highest BCUT2D eigenvalue weighted by Crippen LogP contribution is 2.35. The molecule has 3 N–H and O–H groups in total. The molecule has 1 fully saturated rings. The summed E-state index contributed by atoms with van der Waals surface area (Å²) >= 11 is 0. The van der Waals surface area contributed by atoms with Gasteiger partial charge in [-0.15, -0.1) is 0 Å². The molecule has 13 heteroatoms. The molecule has 0 saturated carbocycles. The van der Waals surface area contributed by atoms with Gasteiger partial charge in [-0.05, 0) is 25.0 Å². The van der Waals surface area contributed by atoms with Crippen LogP contribution >= 0.6 is 0 Å². The number of pyridine rings is 1. The highest BCUT2D eigenvalue weighted by molar-refractivity contribution is 7.89. The first kappa shape index (κ1) is 20.1. The molecule has 1 aliphatic heterocycles. The van der Waals surface area contributed by atoms with E-state index >= 15 is 0 Å². The van der Waals surface area contributed by atoms with Crippen molar-refractivity contribution in [2.24, 2.45) is 5.14 Å². The normalized spacial score (nSPS) is 16.0. The van der Waals surface area contributed by atoms with Gasteiger partial charge >= 0.3 is 6.18 Å². The molecule has 0 amide bonds. The van der Waals surface area contributed by atoms with E-state index in [0.29, 0.717) is 13.1 Å². The second-order valence-corrected chi connectivity index (χ2v) is 7.71. The summed E-state index contributed by atoms with van der Waals surface area (Å²) in [5, 5.41) is 19.6. The standard InChI is InChI=1S/C15H16F3N7O2S/c16-15(17,18)13-11(8-19)14(23-24-6-2-1-3-7-24)25(22-13)12-5-4-10(9-21-12)28(20,26)27/h4-5,9,23H,1-3,6-7H2,(H2,20,26,27). The van der Waals surface area contributed by atoms with Crippen molar-refractivity contribution >= 4 is 15.8 Å². The lowest BCUT2D eigenvalue weighted by molar-refractivity contribution is -0.141. The molecule has 3 heterocycles. The van der Waals surface area contributed by atoms with E-state index in [2.05, 4.69) is 15.5 Å². The first-order valence-corrected chi connectivity index (χ1v) is 9.77. The zero-order valence-electron chi connectivity index (χ0n) is 14.4. The van der Waals surface area contributed by atoms with E-state index < -0.39 is 27.5 Å². The number of primary sulfonamides is 1. The van der Waals surface area contributed by atoms with Crippen LogP contribution in [-0.2, 0) is 16.2 Å². The topological polar surface area (TPSA) is 130 Å². The van der Waals surface area contributed by atoms with Gasteiger partial charge in [0.1, 0.15) is 16.5 Å². The summed E-state index contributed by atoms with van der Waals surface area (Å²) in [6, 6.07) is 3.81. The van der Waals surface area contributed by atoms with Crippen LogP contribution < -0.4 is 10.6 Å². The summed E-state index contributed by atoms with van der Waals surface area (Å²) in [6.45, 7) is 1.18. The third-order valence-electron chi connectivity index (χ3n) is 4.15. The molecule has 2 aromatic heterocycles. The molecule has 1 saturated heterocycles. The van der Waals surface area contributed by atoms with Gasteiger partial charge in [-0.2, -0.15) is 28.2 Å². The highest BCUT2D eigenvalue weighted by Gasteiger charge is 2.40. The molecule has 0 aromatic carbocycles. The van der Waals surface area contributed by atoms with E-state index in [1.807, 2.05) is 0 Å². The van der Waals surface area contributed by atoms with Crippen LogP contribution in [0.3, 0.4) is 0 Å². The number of nitriles is 1. The Hall–Kier alpha value is -2.69. The van der Waals surface area contributed by atoms with Gasteiger partial charge in [-0.25, -0.2) is 23.5 Å². The minimum atomic E-state index is -4.85. The smallest absolute Gasteiger partial charge is 0.302 e. The van der Waals surface area contributed by atoms with Crippen LogP contribution in [0.1, 0.15) is 30.5 Å². The first-order valence-electron chi connectivity index (χ1n) is 8.22. The van der Waals surface area contributed by atoms with Gasteiger partial charge in [-0.3, -0.25) is 0 Å². The van der Waals surface area contributed by atoms with Crippen molar-refractivity contribution in [3.8, 4) is 11.9 Å². The number of rotatable bonds is 4. The van der Waals surface area contributed by atoms with Gasteiger partial charge in [0.05, 0.1) is 0 Å². The Morgan fingerprint density at radius 1 is 1.21 bits per heavy atom. The van der Waals surface area contributed by atoms with E-state index in [4.69, 9.17) is 5.14 Å². The average Bonchev–Trinajstić information content (AvgIpc) is 3.00. The molecule has 9 nitrogen and oxygen atoms in total. The number of nitrogens with two attached hydrogens (primary N) is 1. The van der Waals surface area contributed by atoms with Gasteiger partial charge in [0, 0.05) is 19.3 Å². The Labute approximate surface area is 158 Å². The predicted molar refractivity (Wildman–Crippen MR) is 91.5 cm³/mol. The Bertz CT molecular complexity index is 1000. The summed E-state index contributed by atoms with van der Waals surface area (Å²) in [7, 11) is -4.01. The maximum Gasteiger partial charge on any atom is 0.436 e.